The lowest BCUT2D eigenvalue weighted by molar-refractivity contribution is 0.340. The van der Waals surface area contributed by atoms with E-state index in [1.807, 2.05) is 61.5 Å². The normalized spacial score (nSPS) is 11.7. The maximum absolute atomic E-state index is 5.62. The van der Waals surface area contributed by atoms with Gasteiger partial charge < -0.3 is 13.7 Å². The van der Waals surface area contributed by atoms with Crippen LogP contribution in [0.25, 0.3) is 11.3 Å². The molecule has 0 bridgehead atoms. The zero-order valence-corrected chi connectivity index (χ0v) is 16.8. The van der Waals surface area contributed by atoms with Gasteiger partial charge in [-0.3, -0.25) is 0 Å². The fraction of sp³-hybridized carbons (Fsp3) is 0.174. The molecule has 0 saturated carbocycles. The van der Waals surface area contributed by atoms with Crippen molar-refractivity contribution in [2.45, 2.75) is 20.4 Å². The van der Waals surface area contributed by atoms with Crippen LogP contribution >= 0.6 is 11.3 Å². The van der Waals surface area contributed by atoms with Crippen molar-refractivity contribution >= 4 is 17.0 Å². The number of ether oxygens (including phenoxy) is 1. The van der Waals surface area contributed by atoms with Crippen LogP contribution in [0.1, 0.15) is 17.6 Å². The predicted octanol–water partition coefficient (Wildman–Crippen LogP) is 5.80. The lowest BCUT2D eigenvalue weighted by atomic mass is 10.1. The van der Waals surface area contributed by atoms with Crippen molar-refractivity contribution < 1.29 is 9.15 Å². The van der Waals surface area contributed by atoms with Crippen LogP contribution in [0.15, 0.2) is 82.4 Å². The minimum Gasteiger partial charge on any atom is -0.494 e. The number of rotatable bonds is 6. The highest BCUT2D eigenvalue weighted by Gasteiger charge is 2.14. The number of benzene rings is 2. The van der Waals surface area contributed by atoms with Crippen molar-refractivity contribution in [3.8, 4) is 17.0 Å². The molecule has 5 heteroatoms. The molecule has 2 heterocycles. The van der Waals surface area contributed by atoms with Gasteiger partial charge in [-0.1, -0.05) is 18.2 Å². The Morgan fingerprint density at radius 1 is 1.00 bits per heavy atom. The van der Waals surface area contributed by atoms with Gasteiger partial charge in [-0.25, -0.2) is 4.99 Å². The largest absolute Gasteiger partial charge is 0.494 e. The average Bonchev–Trinajstić information content (AvgIpc) is 3.32. The first-order chi connectivity index (χ1) is 13.7. The lowest BCUT2D eigenvalue weighted by Gasteiger charge is -2.10. The Labute approximate surface area is 168 Å². The van der Waals surface area contributed by atoms with E-state index in [0.717, 1.165) is 33.3 Å². The fourth-order valence-corrected chi connectivity index (χ4v) is 4.18. The van der Waals surface area contributed by atoms with Crippen LogP contribution in [0.4, 0.5) is 5.69 Å². The summed E-state index contributed by atoms with van der Waals surface area (Å²) in [5.41, 5.74) is 3.23. The number of aromatic nitrogens is 1. The maximum Gasteiger partial charge on any atom is 0.191 e. The van der Waals surface area contributed by atoms with Crippen LogP contribution in [-0.4, -0.2) is 11.2 Å². The molecule has 0 unspecified atom stereocenters. The second-order valence-corrected chi connectivity index (χ2v) is 7.54. The molecule has 0 fully saturated rings. The van der Waals surface area contributed by atoms with Gasteiger partial charge in [0.15, 0.2) is 4.80 Å². The Balaban J connectivity index is 1.84. The lowest BCUT2D eigenvalue weighted by Crippen LogP contribution is -2.16. The maximum atomic E-state index is 5.62. The quantitative estimate of drug-likeness (QED) is 0.417. The zero-order valence-electron chi connectivity index (χ0n) is 16.0. The van der Waals surface area contributed by atoms with E-state index < -0.39 is 0 Å². The molecule has 0 N–H and O–H groups in total. The fourth-order valence-electron chi connectivity index (χ4n) is 3.16. The first kappa shape index (κ1) is 18.3. The Bertz CT molecular complexity index is 1090. The molecule has 0 aliphatic carbocycles. The third-order valence-corrected chi connectivity index (χ3v) is 5.39. The molecular weight excluding hydrogens is 368 g/mol. The second-order valence-electron chi connectivity index (χ2n) is 6.36. The van der Waals surface area contributed by atoms with Crippen LogP contribution in [-0.2, 0) is 6.54 Å². The molecule has 0 saturated heterocycles. The minimum absolute atomic E-state index is 0.631. The van der Waals surface area contributed by atoms with Crippen molar-refractivity contribution in [3.63, 3.8) is 0 Å². The molecule has 0 atom stereocenters. The van der Waals surface area contributed by atoms with E-state index in [9.17, 15) is 0 Å². The summed E-state index contributed by atoms with van der Waals surface area (Å²) in [6.07, 6.45) is 1.71. The summed E-state index contributed by atoms with van der Waals surface area (Å²) in [7, 11) is 0. The van der Waals surface area contributed by atoms with Crippen LogP contribution < -0.4 is 9.54 Å². The molecule has 2 aromatic carbocycles. The average molecular weight is 391 g/mol. The molecule has 0 aliphatic rings. The monoisotopic (exact) mass is 390 g/mol. The number of para-hydroxylation sites is 1. The van der Waals surface area contributed by atoms with Crippen LogP contribution in [0.3, 0.4) is 0 Å². The van der Waals surface area contributed by atoms with Crippen molar-refractivity contribution in [1.82, 2.24) is 4.57 Å². The van der Waals surface area contributed by atoms with E-state index in [1.165, 1.54) is 4.88 Å². The van der Waals surface area contributed by atoms with E-state index in [-0.39, 0.29) is 0 Å². The standard InChI is InChI=1S/C23H22N2O2S/c1-3-26-20-13-11-18(12-14-20)22-17(2)28-23(24-19-8-5-4-6-9-19)25(22)16-21-10-7-15-27-21/h4-15H,3,16H2,1-2H3. The molecule has 4 nitrogen and oxygen atoms in total. The van der Waals surface area contributed by atoms with Gasteiger partial charge in [0, 0.05) is 4.88 Å². The van der Waals surface area contributed by atoms with Gasteiger partial charge in [-0.15, -0.1) is 11.3 Å². The van der Waals surface area contributed by atoms with Crippen LogP contribution in [0, 0.1) is 6.92 Å². The van der Waals surface area contributed by atoms with Crippen molar-refractivity contribution in [3.05, 3.63) is 88.4 Å². The third-order valence-electron chi connectivity index (χ3n) is 4.39. The molecular formula is C23H22N2O2S. The van der Waals surface area contributed by atoms with Crippen molar-refractivity contribution in [1.29, 1.82) is 0 Å². The van der Waals surface area contributed by atoms with E-state index in [1.54, 1.807) is 17.6 Å². The van der Waals surface area contributed by atoms with Gasteiger partial charge in [-0.05, 0) is 67.9 Å². The van der Waals surface area contributed by atoms with Crippen molar-refractivity contribution in [2.75, 3.05) is 6.61 Å². The van der Waals surface area contributed by atoms with Crippen LogP contribution in [0.5, 0.6) is 5.75 Å². The topological polar surface area (TPSA) is 39.7 Å². The summed E-state index contributed by atoms with van der Waals surface area (Å²) in [6, 6.07) is 22.2. The first-order valence-electron chi connectivity index (χ1n) is 9.30. The van der Waals surface area contributed by atoms with E-state index in [4.69, 9.17) is 14.1 Å². The number of furan rings is 1. The smallest absolute Gasteiger partial charge is 0.191 e. The molecule has 0 radical (unpaired) electrons. The summed E-state index contributed by atoms with van der Waals surface area (Å²) in [5, 5.41) is 0. The van der Waals surface area contributed by atoms with E-state index >= 15 is 0 Å². The molecule has 4 rings (SSSR count). The summed E-state index contributed by atoms with van der Waals surface area (Å²) >= 11 is 1.69. The number of aryl methyl sites for hydroxylation is 1. The molecule has 4 aromatic rings. The minimum atomic E-state index is 0.631. The highest BCUT2D eigenvalue weighted by Crippen LogP contribution is 2.28. The molecule has 28 heavy (non-hydrogen) atoms. The Kier molecular flexibility index (Phi) is 5.44. The summed E-state index contributed by atoms with van der Waals surface area (Å²) in [6.45, 7) is 5.42. The highest BCUT2D eigenvalue weighted by molar-refractivity contribution is 7.09. The third kappa shape index (κ3) is 3.94. The summed E-state index contributed by atoms with van der Waals surface area (Å²) in [5.74, 6) is 1.78. The van der Waals surface area contributed by atoms with Crippen molar-refractivity contribution in [2.24, 2.45) is 4.99 Å². The van der Waals surface area contributed by atoms with Gasteiger partial charge in [0.1, 0.15) is 11.5 Å². The molecule has 142 valence electrons. The molecule has 2 aromatic heterocycles. The van der Waals surface area contributed by atoms with Gasteiger partial charge in [0.25, 0.3) is 0 Å². The highest BCUT2D eigenvalue weighted by atomic mass is 32.1. The Morgan fingerprint density at radius 3 is 2.46 bits per heavy atom. The predicted molar refractivity (Wildman–Crippen MR) is 113 cm³/mol. The number of hydrogen-bond donors (Lipinski definition) is 0. The van der Waals surface area contributed by atoms with E-state index in [0.29, 0.717) is 13.2 Å². The number of nitrogens with zero attached hydrogens (tertiary/aromatic N) is 2. The van der Waals surface area contributed by atoms with Gasteiger partial charge in [0.05, 0.1) is 30.8 Å². The Morgan fingerprint density at radius 2 is 1.79 bits per heavy atom. The molecule has 0 spiro atoms. The SMILES string of the molecule is CCOc1ccc(-c2c(C)sc(=Nc3ccccc3)n2Cc2ccco2)cc1. The van der Waals surface area contributed by atoms with Crippen LogP contribution in [0.2, 0.25) is 0 Å². The number of hydrogen-bond acceptors (Lipinski definition) is 4. The summed E-state index contributed by atoms with van der Waals surface area (Å²) in [4.78, 5) is 7.05. The second kappa shape index (κ2) is 8.31. The van der Waals surface area contributed by atoms with Gasteiger partial charge >= 0.3 is 0 Å². The first-order valence-corrected chi connectivity index (χ1v) is 10.1. The molecule has 0 amide bonds. The Hall–Kier alpha value is -3.05. The zero-order chi connectivity index (χ0) is 19.3. The molecule has 0 aliphatic heterocycles. The van der Waals surface area contributed by atoms with Gasteiger partial charge in [-0.2, -0.15) is 0 Å². The summed E-state index contributed by atoms with van der Waals surface area (Å²) < 4.78 is 13.4. The van der Waals surface area contributed by atoms with E-state index in [2.05, 4.69) is 23.6 Å². The number of thiazole rings is 1. The van der Waals surface area contributed by atoms with Gasteiger partial charge in [0.2, 0.25) is 0 Å².